The van der Waals surface area contributed by atoms with Crippen LogP contribution < -0.4 is 11.0 Å². The first-order valence-corrected chi connectivity index (χ1v) is 11.2. The Labute approximate surface area is 178 Å². The Hall–Kier alpha value is -1.94. The Bertz CT molecular complexity index is 861. The van der Waals surface area contributed by atoms with Crippen LogP contribution in [-0.2, 0) is 19.1 Å². The van der Waals surface area contributed by atoms with E-state index in [0.29, 0.717) is 17.8 Å². The molecule has 8 nitrogen and oxygen atoms in total. The molecule has 1 aliphatic carbocycles. The molecule has 1 N–H and O–H groups in total. The largest absolute Gasteiger partial charge is 0.459 e. The van der Waals surface area contributed by atoms with Gasteiger partial charge >= 0.3 is 11.7 Å². The van der Waals surface area contributed by atoms with E-state index in [1.54, 1.807) is 0 Å². The number of aromatic nitrogens is 2. The van der Waals surface area contributed by atoms with Crippen molar-refractivity contribution in [2.24, 2.45) is 17.8 Å². The molecule has 2 heterocycles. The maximum absolute atomic E-state index is 14.2. The van der Waals surface area contributed by atoms with E-state index in [9.17, 15) is 18.8 Å². The van der Waals surface area contributed by atoms with Gasteiger partial charge in [0.1, 0.15) is 12.3 Å². The number of anilines is 1. The highest BCUT2D eigenvalue weighted by Gasteiger charge is 2.39. The van der Waals surface area contributed by atoms with Crippen molar-refractivity contribution >= 4 is 29.5 Å². The molecular weight excluding hydrogens is 413 g/mol. The van der Waals surface area contributed by atoms with Gasteiger partial charge in [0.15, 0.2) is 11.6 Å². The van der Waals surface area contributed by atoms with E-state index in [0.717, 1.165) is 30.0 Å². The minimum Gasteiger partial charge on any atom is -0.459 e. The van der Waals surface area contributed by atoms with Gasteiger partial charge in [-0.05, 0) is 30.6 Å². The van der Waals surface area contributed by atoms with E-state index >= 15 is 0 Å². The van der Waals surface area contributed by atoms with Crippen LogP contribution in [0.2, 0.25) is 0 Å². The zero-order chi connectivity index (χ0) is 22.0. The lowest BCUT2D eigenvalue weighted by Gasteiger charge is -2.37. The molecule has 1 aromatic rings. The molecular formula is C20H28FN3O5S. The quantitative estimate of drug-likeness (QED) is 0.701. The molecule has 2 fully saturated rings. The van der Waals surface area contributed by atoms with Crippen LogP contribution in [0, 0.1) is 23.6 Å². The number of halogens is 1. The highest BCUT2D eigenvalue weighted by Crippen LogP contribution is 2.37. The van der Waals surface area contributed by atoms with Gasteiger partial charge < -0.3 is 14.8 Å². The molecule has 1 saturated carbocycles. The van der Waals surface area contributed by atoms with Crippen molar-refractivity contribution in [1.29, 1.82) is 0 Å². The topological polar surface area (TPSA) is 99.5 Å². The van der Waals surface area contributed by atoms with Crippen LogP contribution >= 0.6 is 11.8 Å². The molecule has 1 aromatic heterocycles. The summed E-state index contributed by atoms with van der Waals surface area (Å²) in [6.07, 6.45) is 2.91. The number of carbonyl (C=O) groups excluding carboxylic acids is 2. The Balaban J connectivity index is 1.66. The lowest BCUT2D eigenvalue weighted by Crippen LogP contribution is -2.38. The standard InChI is InChI=1S/C20H28FN3O5S/c1-10(2)13-6-5-11(3)7-15(13)28-18(26)19-29-16(9-30-19)24-8-14(21)17(22-12(4)25)23-20(24)27/h8,10-11,13,15-16,19H,5-7,9H2,1-4H3,(H,22,23,25,27). The fourth-order valence-electron chi connectivity index (χ4n) is 4.02. The van der Waals surface area contributed by atoms with Crippen molar-refractivity contribution in [2.75, 3.05) is 11.1 Å². The van der Waals surface area contributed by atoms with Crippen molar-refractivity contribution < 1.29 is 23.5 Å². The fourth-order valence-corrected chi connectivity index (χ4v) is 5.00. The van der Waals surface area contributed by atoms with Gasteiger partial charge in [-0.15, -0.1) is 11.8 Å². The lowest BCUT2D eigenvalue weighted by atomic mass is 9.75. The van der Waals surface area contributed by atoms with E-state index in [1.165, 1.54) is 18.7 Å². The van der Waals surface area contributed by atoms with E-state index in [2.05, 4.69) is 31.1 Å². The van der Waals surface area contributed by atoms with Crippen LogP contribution in [0.15, 0.2) is 11.0 Å². The second kappa shape index (κ2) is 9.47. The summed E-state index contributed by atoms with van der Waals surface area (Å²) in [4.78, 5) is 39.6. The summed E-state index contributed by atoms with van der Waals surface area (Å²) in [5.74, 6) is -0.803. The average molecular weight is 442 g/mol. The summed E-state index contributed by atoms with van der Waals surface area (Å²) in [7, 11) is 0. The highest BCUT2D eigenvalue weighted by atomic mass is 32.2. The molecule has 0 radical (unpaired) electrons. The number of amides is 1. The van der Waals surface area contributed by atoms with Crippen LogP contribution in [0.4, 0.5) is 10.2 Å². The number of esters is 1. The Morgan fingerprint density at radius 1 is 1.40 bits per heavy atom. The summed E-state index contributed by atoms with van der Waals surface area (Å²) in [5, 5.41) is 2.16. The summed E-state index contributed by atoms with van der Waals surface area (Å²) in [5.41, 5.74) is -1.66. The van der Waals surface area contributed by atoms with Gasteiger partial charge in [0, 0.05) is 12.7 Å². The summed E-state index contributed by atoms with van der Waals surface area (Å²) < 4.78 is 26.7. The number of hydrogen-bond acceptors (Lipinski definition) is 7. The SMILES string of the molecule is CC(=O)Nc1nc(=O)n(C2CSC(C(=O)OC3CC(C)CCC3C(C)C)O2)cc1F. The first kappa shape index (κ1) is 22.7. The first-order valence-electron chi connectivity index (χ1n) is 10.2. The molecule has 1 aliphatic heterocycles. The first-order chi connectivity index (χ1) is 14.2. The third kappa shape index (κ3) is 5.21. The highest BCUT2D eigenvalue weighted by molar-refractivity contribution is 8.00. The summed E-state index contributed by atoms with van der Waals surface area (Å²) in [6, 6.07) is 0. The van der Waals surface area contributed by atoms with Crippen molar-refractivity contribution in [3.8, 4) is 0 Å². The van der Waals surface area contributed by atoms with Gasteiger partial charge in [0.25, 0.3) is 0 Å². The molecule has 2 aliphatic rings. The van der Waals surface area contributed by atoms with Gasteiger partial charge in [-0.2, -0.15) is 4.98 Å². The molecule has 1 amide bonds. The van der Waals surface area contributed by atoms with Crippen LogP contribution in [0.25, 0.3) is 0 Å². The zero-order valence-corrected chi connectivity index (χ0v) is 18.4. The number of thioether (sulfide) groups is 1. The smallest absolute Gasteiger partial charge is 0.351 e. The third-order valence-electron chi connectivity index (χ3n) is 5.60. The van der Waals surface area contributed by atoms with Gasteiger partial charge in [-0.1, -0.05) is 27.2 Å². The normalized spacial score (nSPS) is 29.1. The Morgan fingerprint density at radius 2 is 2.13 bits per heavy atom. The molecule has 166 valence electrons. The van der Waals surface area contributed by atoms with E-state index in [4.69, 9.17) is 9.47 Å². The molecule has 1 saturated heterocycles. The van der Waals surface area contributed by atoms with Crippen LogP contribution in [0.1, 0.15) is 53.2 Å². The van der Waals surface area contributed by atoms with Crippen molar-refractivity contribution in [2.45, 2.75) is 64.7 Å². The molecule has 5 unspecified atom stereocenters. The number of rotatable bonds is 5. The van der Waals surface area contributed by atoms with Crippen molar-refractivity contribution in [3.63, 3.8) is 0 Å². The van der Waals surface area contributed by atoms with E-state index in [-0.39, 0.29) is 11.9 Å². The molecule has 0 bridgehead atoms. The number of hydrogen-bond donors (Lipinski definition) is 1. The number of carbonyl (C=O) groups is 2. The van der Waals surface area contributed by atoms with E-state index < -0.39 is 40.9 Å². The molecule has 10 heteroatoms. The third-order valence-corrected chi connectivity index (χ3v) is 6.69. The molecule has 3 rings (SSSR count). The second-order valence-electron chi connectivity index (χ2n) is 8.37. The zero-order valence-electron chi connectivity index (χ0n) is 17.6. The van der Waals surface area contributed by atoms with Crippen molar-refractivity contribution in [1.82, 2.24) is 9.55 Å². The van der Waals surface area contributed by atoms with Crippen LogP contribution in [0.5, 0.6) is 0 Å². The molecule has 30 heavy (non-hydrogen) atoms. The van der Waals surface area contributed by atoms with Crippen LogP contribution in [-0.4, -0.2) is 38.7 Å². The van der Waals surface area contributed by atoms with Gasteiger partial charge in [-0.3, -0.25) is 9.36 Å². The minimum absolute atomic E-state index is 0.150. The molecule has 5 atom stereocenters. The van der Waals surface area contributed by atoms with Gasteiger partial charge in [-0.25, -0.2) is 14.0 Å². The van der Waals surface area contributed by atoms with Crippen LogP contribution in [0.3, 0.4) is 0 Å². The summed E-state index contributed by atoms with van der Waals surface area (Å²) >= 11 is 1.21. The predicted octanol–water partition coefficient (Wildman–Crippen LogP) is 2.93. The minimum atomic E-state index is -0.884. The number of nitrogens with one attached hydrogen (secondary N) is 1. The fraction of sp³-hybridized carbons (Fsp3) is 0.700. The monoisotopic (exact) mass is 441 g/mol. The van der Waals surface area contributed by atoms with Gasteiger partial charge in [0.05, 0.1) is 6.20 Å². The number of ether oxygens (including phenoxy) is 2. The van der Waals surface area contributed by atoms with E-state index in [1.807, 2.05) is 0 Å². The average Bonchev–Trinajstić information content (AvgIpc) is 3.14. The Kier molecular flexibility index (Phi) is 7.18. The maximum Gasteiger partial charge on any atom is 0.351 e. The van der Waals surface area contributed by atoms with Crippen molar-refractivity contribution in [3.05, 3.63) is 22.5 Å². The predicted molar refractivity (Wildman–Crippen MR) is 110 cm³/mol. The summed E-state index contributed by atoms with van der Waals surface area (Å²) in [6.45, 7) is 7.62. The molecule has 0 aromatic carbocycles. The second-order valence-corrected chi connectivity index (χ2v) is 9.46. The number of nitrogens with zero attached hydrogens (tertiary/aromatic N) is 2. The maximum atomic E-state index is 14.2. The molecule has 0 spiro atoms. The Morgan fingerprint density at radius 3 is 2.80 bits per heavy atom. The lowest BCUT2D eigenvalue weighted by molar-refractivity contribution is -0.166. The van der Waals surface area contributed by atoms with Gasteiger partial charge in [0.2, 0.25) is 11.3 Å².